The maximum Gasteiger partial charge on any atom is 0.0468 e. The van der Waals surface area contributed by atoms with Crippen molar-refractivity contribution >= 4 is 26.8 Å². The molecule has 1 nitrogen and oxygen atoms in total. The highest BCUT2D eigenvalue weighted by Crippen LogP contribution is 2.45. The molecule has 0 aliphatic heterocycles. The van der Waals surface area contributed by atoms with Crippen molar-refractivity contribution in [2.24, 2.45) is 0 Å². The van der Waals surface area contributed by atoms with E-state index in [2.05, 4.69) is 46.2 Å². The molecular formula is C12H12BrN. The van der Waals surface area contributed by atoms with Gasteiger partial charge in [0.1, 0.15) is 0 Å². The molecule has 0 bridgehead atoms. The molecule has 1 aromatic heterocycles. The molecule has 0 atom stereocenters. The number of nitrogens with one attached hydrogen (secondary N) is 1. The van der Waals surface area contributed by atoms with E-state index in [1.807, 2.05) is 0 Å². The number of hydrogen-bond donors (Lipinski definition) is 1. The van der Waals surface area contributed by atoms with Crippen molar-refractivity contribution in [3.63, 3.8) is 0 Å². The molecule has 2 heteroatoms. The summed E-state index contributed by atoms with van der Waals surface area (Å²) in [5.74, 6) is 0.807. The second-order valence-corrected chi connectivity index (χ2v) is 4.93. The number of aromatic nitrogens is 1. The Bertz CT molecular complexity index is 494. The Hall–Kier alpha value is -0.760. The van der Waals surface area contributed by atoms with Crippen LogP contribution in [0.25, 0.3) is 10.9 Å². The number of H-pyrrole nitrogens is 1. The van der Waals surface area contributed by atoms with Crippen molar-refractivity contribution < 1.29 is 0 Å². The van der Waals surface area contributed by atoms with Crippen LogP contribution in [0.2, 0.25) is 0 Å². The van der Waals surface area contributed by atoms with Gasteiger partial charge in [0.25, 0.3) is 0 Å². The molecule has 1 aliphatic carbocycles. The van der Waals surface area contributed by atoms with Crippen molar-refractivity contribution in [1.29, 1.82) is 0 Å². The van der Waals surface area contributed by atoms with Gasteiger partial charge in [-0.25, -0.2) is 0 Å². The summed E-state index contributed by atoms with van der Waals surface area (Å²) in [5, 5.41) is 1.40. The molecule has 0 saturated heterocycles. The molecule has 0 spiro atoms. The minimum atomic E-state index is 0.807. The lowest BCUT2D eigenvalue weighted by atomic mass is 10.1. The van der Waals surface area contributed by atoms with E-state index in [1.54, 1.807) is 0 Å². The van der Waals surface area contributed by atoms with Crippen LogP contribution in [-0.2, 0) is 0 Å². The van der Waals surface area contributed by atoms with Crippen molar-refractivity contribution in [2.75, 3.05) is 0 Å². The van der Waals surface area contributed by atoms with Crippen molar-refractivity contribution in [3.05, 3.63) is 33.9 Å². The summed E-state index contributed by atoms with van der Waals surface area (Å²) < 4.78 is 1.26. The molecule has 1 heterocycles. The standard InChI is InChI=1S/C12H12BrN/c1-7-2-5-10-11(12(7)13)9(6-14-10)8-3-4-8/h2,5-6,8,14H,3-4H2,1H3. The minimum absolute atomic E-state index is 0.807. The molecule has 1 saturated carbocycles. The van der Waals surface area contributed by atoms with Crippen LogP contribution in [0, 0.1) is 6.92 Å². The van der Waals surface area contributed by atoms with E-state index in [-0.39, 0.29) is 0 Å². The quantitative estimate of drug-likeness (QED) is 0.783. The van der Waals surface area contributed by atoms with E-state index < -0.39 is 0 Å². The highest BCUT2D eigenvalue weighted by atomic mass is 79.9. The van der Waals surface area contributed by atoms with Crippen LogP contribution in [0.1, 0.15) is 29.9 Å². The maximum absolute atomic E-state index is 3.69. The third-order valence-corrected chi connectivity index (χ3v) is 4.05. The Labute approximate surface area is 91.6 Å². The summed E-state index contributed by atoms with van der Waals surface area (Å²) in [7, 11) is 0. The van der Waals surface area contributed by atoms with E-state index in [4.69, 9.17) is 0 Å². The monoisotopic (exact) mass is 249 g/mol. The fraction of sp³-hybridized carbons (Fsp3) is 0.333. The van der Waals surface area contributed by atoms with Gasteiger partial charge in [-0.1, -0.05) is 6.07 Å². The lowest BCUT2D eigenvalue weighted by Gasteiger charge is -2.02. The molecule has 1 N–H and O–H groups in total. The molecular weight excluding hydrogens is 238 g/mol. The average Bonchev–Trinajstić information content (AvgIpc) is 2.93. The summed E-state index contributed by atoms with van der Waals surface area (Å²) in [6.07, 6.45) is 4.88. The summed E-state index contributed by atoms with van der Waals surface area (Å²) in [6.45, 7) is 2.15. The van der Waals surface area contributed by atoms with Gasteiger partial charge in [-0.3, -0.25) is 0 Å². The highest BCUT2D eigenvalue weighted by Gasteiger charge is 2.27. The van der Waals surface area contributed by atoms with Gasteiger partial charge in [0.2, 0.25) is 0 Å². The first-order valence-corrected chi connectivity index (χ1v) is 5.83. The van der Waals surface area contributed by atoms with Crippen LogP contribution >= 0.6 is 15.9 Å². The van der Waals surface area contributed by atoms with Crippen LogP contribution in [0.15, 0.2) is 22.8 Å². The average molecular weight is 250 g/mol. The molecule has 1 aliphatic rings. The SMILES string of the molecule is Cc1ccc2[nH]cc(C3CC3)c2c1Br. The fourth-order valence-electron chi connectivity index (χ4n) is 2.03. The number of hydrogen-bond acceptors (Lipinski definition) is 0. The fourth-order valence-corrected chi connectivity index (χ4v) is 2.60. The second-order valence-electron chi connectivity index (χ2n) is 4.14. The van der Waals surface area contributed by atoms with Gasteiger partial charge >= 0.3 is 0 Å². The summed E-state index contributed by atoms with van der Waals surface area (Å²) >= 11 is 3.69. The smallest absolute Gasteiger partial charge is 0.0468 e. The number of rotatable bonds is 1. The molecule has 1 fully saturated rings. The van der Waals surface area contributed by atoms with Gasteiger partial charge in [-0.2, -0.15) is 0 Å². The van der Waals surface area contributed by atoms with Crippen LogP contribution in [-0.4, -0.2) is 4.98 Å². The van der Waals surface area contributed by atoms with Crippen molar-refractivity contribution in [2.45, 2.75) is 25.7 Å². The zero-order valence-corrected chi connectivity index (χ0v) is 9.69. The van der Waals surface area contributed by atoms with E-state index in [9.17, 15) is 0 Å². The normalized spacial score (nSPS) is 16.4. The molecule has 3 rings (SSSR count). The molecule has 0 amide bonds. The lowest BCUT2D eigenvalue weighted by Crippen LogP contribution is -1.80. The van der Waals surface area contributed by atoms with Gasteiger partial charge in [-0.15, -0.1) is 0 Å². The van der Waals surface area contributed by atoms with Gasteiger partial charge in [0.15, 0.2) is 0 Å². The molecule has 14 heavy (non-hydrogen) atoms. The number of fused-ring (bicyclic) bond motifs is 1. The Kier molecular flexibility index (Phi) is 1.75. The highest BCUT2D eigenvalue weighted by molar-refractivity contribution is 9.10. The summed E-state index contributed by atoms with van der Waals surface area (Å²) in [6, 6.07) is 4.32. The number of benzene rings is 1. The first-order valence-electron chi connectivity index (χ1n) is 5.03. The maximum atomic E-state index is 3.69. The topological polar surface area (TPSA) is 15.8 Å². The Morgan fingerprint density at radius 3 is 2.86 bits per heavy atom. The zero-order valence-electron chi connectivity index (χ0n) is 8.10. The van der Waals surface area contributed by atoms with Crippen molar-refractivity contribution in [3.8, 4) is 0 Å². The predicted molar refractivity (Wildman–Crippen MR) is 62.7 cm³/mol. The summed E-state index contributed by atoms with van der Waals surface area (Å²) in [4.78, 5) is 3.35. The third-order valence-electron chi connectivity index (χ3n) is 3.02. The third kappa shape index (κ3) is 1.13. The van der Waals surface area contributed by atoms with Crippen molar-refractivity contribution in [1.82, 2.24) is 4.98 Å². The van der Waals surface area contributed by atoms with Crippen LogP contribution in [0.4, 0.5) is 0 Å². The minimum Gasteiger partial charge on any atom is -0.361 e. The Morgan fingerprint density at radius 2 is 2.14 bits per heavy atom. The Morgan fingerprint density at radius 1 is 1.36 bits per heavy atom. The lowest BCUT2D eigenvalue weighted by molar-refractivity contribution is 1.14. The van der Waals surface area contributed by atoms with E-state index in [0.717, 1.165) is 5.92 Å². The predicted octanol–water partition coefficient (Wildman–Crippen LogP) is 4.12. The van der Waals surface area contributed by atoms with Gasteiger partial charge < -0.3 is 4.98 Å². The van der Waals surface area contributed by atoms with Crippen LogP contribution in [0.5, 0.6) is 0 Å². The van der Waals surface area contributed by atoms with Crippen LogP contribution in [0.3, 0.4) is 0 Å². The molecule has 1 aromatic carbocycles. The number of aromatic amines is 1. The first kappa shape index (κ1) is 8.54. The first-order chi connectivity index (χ1) is 6.77. The zero-order chi connectivity index (χ0) is 9.71. The molecule has 0 unspecified atom stereocenters. The number of aryl methyl sites for hydroxylation is 1. The Balaban J connectivity index is 2.36. The van der Waals surface area contributed by atoms with Gasteiger partial charge in [-0.05, 0) is 58.8 Å². The summed E-state index contributed by atoms with van der Waals surface area (Å²) in [5.41, 5.74) is 4.07. The van der Waals surface area contributed by atoms with E-state index in [0.29, 0.717) is 0 Å². The number of halogens is 1. The van der Waals surface area contributed by atoms with E-state index in [1.165, 1.54) is 39.3 Å². The van der Waals surface area contributed by atoms with E-state index >= 15 is 0 Å². The molecule has 72 valence electrons. The largest absolute Gasteiger partial charge is 0.361 e. The van der Waals surface area contributed by atoms with Gasteiger partial charge in [0.05, 0.1) is 0 Å². The van der Waals surface area contributed by atoms with Gasteiger partial charge in [0, 0.05) is 21.6 Å². The molecule has 0 radical (unpaired) electrons. The second kappa shape index (κ2) is 2.86. The molecule has 2 aromatic rings. The van der Waals surface area contributed by atoms with Crippen LogP contribution < -0.4 is 0 Å².